The summed E-state index contributed by atoms with van der Waals surface area (Å²) in [4.78, 5) is 16.7. The number of hydrogen-bond acceptors (Lipinski definition) is 6. The van der Waals surface area contributed by atoms with E-state index in [2.05, 4.69) is 6.92 Å². The lowest BCUT2D eigenvalue weighted by atomic mass is 9.79. The molecule has 2 aromatic carbocycles. The minimum atomic E-state index is -4.08. The zero-order valence-electron chi connectivity index (χ0n) is 19.5. The van der Waals surface area contributed by atoms with Gasteiger partial charge in [-0.1, -0.05) is 6.92 Å². The second kappa shape index (κ2) is 9.02. The Bertz CT molecular complexity index is 1170. The van der Waals surface area contributed by atoms with Crippen molar-refractivity contribution in [3.63, 3.8) is 0 Å². The van der Waals surface area contributed by atoms with Gasteiger partial charge in [-0.2, -0.15) is 8.42 Å². The normalized spacial score (nSPS) is 26.3. The number of ether oxygens (including phenoxy) is 2. The number of carbonyl (C=O) groups is 1. The largest absolute Gasteiger partial charge is 0.496 e. The number of nitrogens with zero attached hydrogens (tertiary/aromatic N) is 2. The summed E-state index contributed by atoms with van der Waals surface area (Å²) < 4.78 is 43.0. The smallest absolute Gasteiger partial charge is 0.339 e. The summed E-state index contributed by atoms with van der Waals surface area (Å²) in [7, 11) is -2.56. The van der Waals surface area contributed by atoms with Crippen molar-refractivity contribution in [1.82, 2.24) is 4.90 Å². The van der Waals surface area contributed by atoms with Gasteiger partial charge in [0, 0.05) is 43.5 Å². The van der Waals surface area contributed by atoms with E-state index in [9.17, 15) is 13.2 Å². The number of anilines is 1. The Balaban J connectivity index is 1.53. The van der Waals surface area contributed by atoms with Crippen LogP contribution >= 0.6 is 0 Å². The molecule has 0 N–H and O–H groups in total. The zero-order valence-corrected chi connectivity index (χ0v) is 20.3. The van der Waals surface area contributed by atoms with Crippen molar-refractivity contribution >= 4 is 21.8 Å². The number of amides is 2. The van der Waals surface area contributed by atoms with Crippen molar-refractivity contribution < 1.29 is 26.9 Å². The molecule has 0 radical (unpaired) electrons. The summed E-state index contributed by atoms with van der Waals surface area (Å²) in [6.45, 7) is 4.16. The molecule has 3 aliphatic heterocycles. The Hall–Kier alpha value is -2.94. The van der Waals surface area contributed by atoms with Crippen LogP contribution in [0.25, 0.3) is 0 Å². The van der Waals surface area contributed by atoms with Crippen molar-refractivity contribution in [2.75, 3.05) is 31.6 Å². The highest BCUT2D eigenvalue weighted by Gasteiger charge is 2.34. The van der Waals surface area contributed by atoms with Crippen molar-refractivity contribution in [3.05, 3.63) is 42.5 Å². The number of urea groups is 1. The highest BCUT2D eigenvalue weighted by Crippen LogP contribution is 2.36. The molecule has 1 saturated heterocycles. The third-order valence-corrected chi connectivity index (χ3v) is 8.37. The highest BCUT2D eigenvalue weighted by molar-refractivity contribution is 7.87. The van der Waals surface area contributed by atoms with Gasteiger partial charge in [0.2, 0.25) is 0 Å². The maximum absolute atomic E-state index is 13.1. The summed E-state index contributed by atoms with van der Waals surface area (Å²) in [5.41, 5.74) is 0.676. The van der Waals surface area contributed by atoms with Gasteiger partial charge in [-0.25, -0.2) is 4.79 Å². The van der Waals surface area contributed by atoms with E-state index in [1.807, 2.05) is 4.90 Å². The molecule has 0 aromatic heterocycles. The van der Waals surface area contributed by atoms with Crippen LogP contribution < -0.4 is 18.6 Å². The SMILES string of the molecule is COc1cc2cc(c1)OS(=O)(=O)c1ccc(cc1)N1CCN(CC(C)C3CCC[C@H](C3)O2)C1=O. The molecule has 2 fully saturated rings. The topological polar surface area (TPSA) is 85.4 Å². The average Bonchev–Trinajstić information content (AvgIpc) is 3.18. The molecule has 34 heavy (non-hydrogen) atoms. The van der Waals surface area contributed by atoms with E-state index in [1.165, 1.54) is 25.3 Å². The fraction of sp³-hybridized carbons (Fsp3) is 0.480. The number of hydrogen-bond donors (Lipinski definition) is 0. The van der Waals surface area contributed by atoms with Crippen LogP contribution in [0.5, 0.6) is 17.2 Å². The van der Waals surface area contributed by atoms with Gasteiger partial charge in [0.25, 0.3) is 0 Å². The monoisotopic (exact) mass is 486 g/mol. The maximum Gasteiger partial charge on any atom is 0.339 e. The molecule has 3 heterocycles. The minimum absolute atomic E-state index is 0.00855. The van der Waals surface area contributed by atoms with Gasteiger partial charge in [-0.3, -0.25) is 4.90 Å². The lowest BCUT2D eigenvalue weighted by molar-refractivity contribution is 0.0944. The average molecular weight is 487 g/mol. The van der Waals surface area contributed by atoms with E-state index in [0.717, 1.165) is 25.7 Å². The maximum atomic E-state index is 13.1. The summed E-state index contributed by atoms with van der Waals surface area (Å²) in [6, 6.07) is 11.1. The van der Waals surface area contributed by atoms with Crippen molar-refractivity contribution in [1.29, 1.82) is 0 Å². The molecule has 6 rings (SSSR count). The third-order valence-electron chi connectivity index (χ3n) is 7.11. The summed E-state index contributed by atoms with van der Waals surface area (Å²) in [5.74, 6) is 1.91. The van der Waals surface area contributed by atoms with Gasteiger partial charge in [-0.05, 0) is 61.8 Å². The Labute approximate surface area is 200 Å². The second-order valence-electron chi connectivity index (χ2n) is 9.40. The molecule has 182 valence electrons. The van der Waals surface area contributed by atoms with Crippen LogP contribution in [0.4, 0.5) is 10.5 Å². The number of carbonyl (C=O) groups excluding carboxylic acids is 1. The predicted molar refractivity (Wildman–Crippen MR) is 127 cm³/mol. The number of fused-ring (bicyclic) bond motifs is 4. The molecule has 1 aliphatic carbocycles. The molecular formula is C25H30N2O6S. The fourth-order valence-electron chi connectivity index (χ4n) is 5.23. The molecule has 3 atom stereocenters. The van der Waals surface area contributed by atoms with Gasteiger partial charge in [0.15, 0.2) is 0 Å². The molecule has 2 aromatic rings. The van der Waals surface area contributed by atoms with Crippen LogP contribution in [0.2, 0.25) is 0 Å². The zero-order chi connectivity index (χ0) is 23.9. The summed E-state index contributed by atoms with van der Waals surface area (Å²) in [6.07, 6.45) is 3.98. The summed E-state index contributed by atoms with van der Waals surface area (Å²) >= 11 is 0. The van der Waals surface area contributed by atoms with E-state index < -0.39 is 10.1 Å². The van der Waals surface area contributed by atoms with E-state index in [1.54, 1.807) is 29.2 Å². The standard InChI is InChI=1S/C25H30N2O6S/c1-17-16-26-10-11-27(25(26)28)19-6-8-24(9-7-19)34(29,30)33-23-14-21(31-2)13-22(15-23)32-20-5-3-4-18(17)12-20/h6-9,13-15,17-18,20H,3-5,10-12,16H2,1-2H3/t17?,18?,20-/m1/s1. The quantitative estimate of drug-likeness (QED) is 0.559. The molecule has 2 unspecified atom stereocenters. The van der Waals surface area contributed by atoms with E-state index >= 15 is 0 Å². The fourth-order valence-corrected chi connectivity index (χ4v) is 6.15. The van der Waals surface area contributed by atoms with Gasteiger partial charge in [0.05, 0.1) is 13.2 Å². The number of benzene rings is 2. The van der Waals surface area contributed by atoms with Crippen molar-refractivity contribution in [2.45, 2.75) is 43.6 Å². The van der Waals surface area contributed by atoms with E-state index in [0.29, 0.717) is 48.7 Å². The van der Waals surface area contributed by atoms with Crippen LogP contribution in [0.3, 0.4) is 0 Å². The molecular weight excluding hydrogens is 456 g/mol. The summed E-state index contributed by atoms with van der Waals surface area (Å²) in [5, 5.41) is 0. The molecule has 9 heteroatoms. The predicted octanol–water partition coefficient (Wildman–Crippen LogP) is 4.29. The lowest BCUT2D eigenvalue weighted by Gasteiger charge is -2.34. The Morgan fingerprint density at radius 1 is 1.03 bits per heavy atom. The van der Waals surface area contributed by atoms with Crippen LogP contribution in [-0.4, -0.2) is 52.2 Å². The van der Waals surface area contributed by atoms with Gasteiger partial charge in [0.1, 0.15) is 22.1 Å². The van der Waals surface area contributed by atoms with Crippen LogP contribution in [0.1, 0.15) is 32.6 Å². The lowest BCUT2D eigenvalue weighted by Crippen LogP contribution is -2.38. The van der Waals surface area contributed by atoms with Gasteiger partial charge < -0.3 is 18.6 Å². The van der Waals surface area contributed by atoms with Gasteiger partial charge >= 0.3 is 16.1 Å². The van der Waals surface area contributed by atoms with E-state index in [4.69, 9.17) is 13.7 Å². The first-order chi connectivity index (χ1) is 16.3. The van der Waals surface area contributed by atoms with Gasteiger partial charge in [-0.15, -0.1) is 0 Å². The molecule has 8 bridgehead atoms. The van der Waals surface area contributed by atoms with Crippen LogP contribution in [0.15, 0.2) is 47.4 Å². The molecule has 0 spiro atoms. The van der Waals surface area contributed by atoms with Crippen LogP contribution in [0, 0.1) is 11.8 Å². The molecule has 4 aliphatic rings. The Morgan fingerprint density at radius 3 is 2.56 bits per heavy atom. The van der Waals surface area contributed by atoms with E-state index in [-0.39, 0.29) is 22.8 Å². The first-order valence-corrected chi connectivity index (χ1v) is 13.2. The minimum Gasteiger partial charge on any atom is -0.496 e. The number of methoxy groups -OCH3 is 1. The number of rotatable bonds is 1. The molecule has 2 amide bonds. The van der Waals surface area contributed by atoms with Crippen molar-refractivity contribution in [2.24, 2.45) is 11.8 Å². The first-order valence-electron chi connectivity index (χ1n) is 11.8. The van der Waals surface area contributed by atoms with Crippen molar-refractivity contribution in [3.8, 4) is 17.2 Å². The molecule has 1 saturated carbocycles. The van der Waals surface area contributed by atoms with Crippen LogP contribution in [-0.2, 0) is 10.1 Å². The highest BCUT2D eigenvalue weighted by atomic mass is 32.2. The Morgan fingerprint density at radius 2 is 1.79 bits per heavy atom. The first kappa shape index (κ1) is 22.8. The molecule has 8 nitrogen and oxygen atoms in total. The third kappa shape index (κ3) is 4.53. The second-order valence-corrected chi connectivity index (χ2v) is 10.9. The Kier molecular flexibility index (Phi) is 6.06.